The van der Waals surface area contributed by atoms with Gasteiger partial charge in [0.15, 0.2) is 18.7 Å². The summed E-state index contributed by atoms with van der Waals surface area (Å²) in [6.07, 6.45) is -14.7. The Balaban J connectivity index is 1.18. The summed E-state index contributed by atoms with van der Waals surface area (Å²) in [5, 5.41) is 106. The second-order valence-electron chi connectivity index (χ2n) is 19.5. The first-order chi connectivity index (χ1) is 27.0. The van der Waals surface area contributed by atoms with Gasteiger partial charge in [-0.3, -0.25) is 4.79 Å². The van der Waals surface area contributed by atoms with Crippen molar-refractivity contribution in [3.63, 3.8) is 0 Å². The third-order valence-electron chi connectivity index (χ3n) is 16.4. The summed E-state index contributed by atoms with van der Waals surface area (Å²) < 4.78 is 22.8. The molecule has 0 aromatic carbocycles. The minimum Gasteiger partial charge on any atom is -0.481 e. The van der Waals surface area contributed by atoms with Crippen molar-refractivity contribution in [2.75, 3.05) is 6.61 Å². The Morgan fingerprint density at radius 2 is 1.40 bits per heavy atom. The lowest BCUT2D eigenvalue weighted by Crippen LogP contribution is -2.64. The molecule has 6 rings (SSSR count). The number of carboxylic acid groups (broad SMARTS) is 2. The van der Waals surface area contributed by atoms with Gasteiger partial charge in [0, 0.05) is 0 Å². The van der Waals surface area contributed by atoms with Crippen molar-refractivity contribution in [2.45, 2.75) is 180 Å². The van der Waals surface area contributed by atoms with Gasteiger partial charge in [-0.2, -0.15) is 0 Å². The van der Waals surface area contributed by atoms with Crippen LogP contribution < -0.4 is 0 Å². The second kappa shape index (κ2) is 16.8. The molecule has 4 fully saturated rings. The predicted molar refractivity (Wildman–Crippen MR) is 203 cm³/mol. The fraction of sp³-hybridized carbons (Fsp3) is 0.905. The van der Waals surface area contributed by atoms with Crippen LogP contribution in [0.4, 0.5) is 0 Å². The van der Waals surface area contributed by atoms with Gasteiger partial charge in [0.2, 0.25) is 0 Å². The predicted octanol–water partition coefficient (Wildman–Crippen LogP) is 1.16. The van der Waals surface area contributed by atoms with Crippen LogP contribution in [0.2, 0.25) is 0 Å². The van der Waals surface area contributed by atoms with E-state index in [1.165, 1.54) is 11.1 Å². The highest BCUT2D eigenvalue weighted by atomic mass is 16.7. The fourth-order valence-electron chi connectivity index (χ4n) is 12.3. The molecule has 0 unspecified atom stereocenters. The molecule has 0 aromatic rings. The lowest BCUT2D eigenvalue weighted by molar-refractivity contribution is -0.340. The van der Waals surface area contributed by atoms with Crippen molar-refractivity contribution in [3.05, 3.63) is 11.1 Å². The van der Waals surface area contributed by atoms with Gasteiger partial charge >= 0.3 is 11.9 Å². The minimum absolute atomic E-state index is 0.0415. The number of fused-ring (bicyclic) bond motifs is 4. The fourth-order valence-corrected chi connectivity index (χ4v) is 12.3. The van der Waals surface area contributed by atoms with Crippen LogP contribution in [0.1, 0.15) is 99.8 Å². The van der Waals surface area contributed by atoms with Gasteiger partial charge in [0.1, 0.15) is 42.7 Å². The monoisotopic (exact) mass is 828 g/mol. The van der Waals surface area contributed by atoms with Crippen LogP contribution in [0, 0.1) is 51.8 Å². The normalized spacial score (nSPS) is 47.7. The van der Waals surface area contributed by atoms with Gasteiger partial charge in [-0.15, -0.1) is 0 Å². The molecular weight excluding hydrogens is 760 g/mol. The van der Waals surface area contributed by atoms with E-state index in [9.17, 15) is 60.7 Å². The summed E-state index contributed by atoms with van der Waals surface area (Å²) in [4.78, 5) is 25.0. The van der Waals surface area contributed by atoms with Gasteiger partial charge in [-0.05, 0) is 105 Å². The summed E-state index contributed by atoms with van der Waals surface area (Å²) in [5.41, 5.74) is 0.748. The number of hydrogen-bond donors (Lipinski definition) is 10. The van der Waals surface area contributed by atoms with Crippen molar-refractivity contribution in [2.24, 2.45) is 51.8 Å². The molecule has 0 spiro atoms. The van der Waals surface area contributed by atoms with Crippen LogP contribution >= 0.6 is 0 Å². The molecule has 0 aromatic heterocycles. The Labute approximate surface area is 340 Å². The molecule has 58 heavy (non-hydrogen) atoms. The second-order valence-corrected chi connectivity index (χ2v) is 19.5. The zero-order chi connectivity index (χ0) is 43.0. The highest BCUT2D eigenvalue weighted by molar-refractivity contribution is 5.76. The smallest absolute Gasteiger partial charge is 0.335 e. The molecule has 0 amide bonds. The third-order valence-corrected chi connectivity index (χ3v) is 16.4. The first kappa shape index (κ1) is 45.7. The van der Waals surface area contributed by atoms with Crippen LogP contribution in [-0.2, 0) is 28.5 Å². The van der Waals surface area contributed by atoms with E-state index in [-0.39, 0.29) is 41.4 Å². The topological polar surface area (TPSA) is 273 Å². The molecule has 2 saturated heterocycles. The lowest BCUT2D eigenvalue weighted by Gasteiger charge is -2.60. The number of carbonyl (C=O) groups is 2. The zero-order valence-electron chi connectivity index (χ0n) is 34.8. The molecule has 16 heteroatoms. The van der Waals surface area contributed by atoms with Crippen molar-refractivity contribution in [1.82, 2.24) is 0 Å². The van der Waals surface area contributed by atoms with Crippen molar-refractivity contribution in [1.29, 1.82) is 0 Å². The molecule has 0 radical (unpaired) electrons. The molecule has 4 aliphatic carbocycles. The third kappa shape index (κ3) is 7.48. The Morgan fingerprint density at radius 1 is 0.759 bits per heavy atom. The van der Waals surface area contributed by atoms with E-state index in [0.29, 0.717) is 18.8 Å². The van der Waals surface area contributed by atoms with Gasteiger partial charge in [0.05, 0.1) is 30.3 Å². The van der Waals surface area contributed by atoms with Crippen molar-refractivity contribution in [3.8, 4) is 0 Å². The molecule has 2 aliphatic heterocycles. The average Bonchev–Trinajstić information content (AvgIpc) is 3.53. The van der Waals surface area contributed by atoms with Gasteiger partial charge < -0.3 is 70.0 Å². The average molecular weight is 829 g/mol. The maximum absolute atomic E-state index is 13.5. The molecule has 332 valence electrons. The van der Waals surface area contributed by atoms with Crippen LogP contribution in [0.15, 0.2) is 11.1 Å². The summed E-state index contributed by atoms with van der Waals surface area (Å²) in [6.45, 7) is 13.7. The summed E-state index contributed by atoms with van der Waals surface area (Å²) in [6, 6.07) is 0. The van der Waals surface area contributed by atoms with E-state index < -0.39 is 109 Å². The molecule has 16 nitrogen and oxygen atoms in total. The Kier molecular flexibility index (Phi) is 13.3. The first-order valence-electron chi connectivity index (χ1n) is 21.2. The van der Waals surface area contributed by atoms with Crippen molar-refractivity contribution < 1.29 is 79.6 Å². The van der Waals surface area contributed by atoms with E-state index in [1.807, 2.05) is 6.92 Å². The Bertz CT molecular complexity index is 1540. The lowest BCUT2D eigenvalue weighted by atomic mass is 9.45. The molecule has 10 N–H and O–H groups in total. The minimum atomic E-state index is -1.95. The number of carboxylic acids is 2. The van der Waals surface area contributed by atoms with Gasteiger partial charge in [0.25, 0.3) is 0 Å². The van der Waals surface area contributed by atoms with E-state index in [2.05, 4.69) is 34.6 Å². The maximum atomic E-state index is 13.5. The number of aliphatic hydroxyl groups excluding tert-OH is 8. The van der Waals surface area contributed by atoms with Crippen molar-refractivity contribution >= 4 is 11.9 Å². The standard InChI is InChI=1S/C42H68O16/c1-17(2)18(3)27(43)28(44)19(4)21-9-10-22-20-8-11-25-41(6,23(20)12-14-40(21,22)5)15-13-26(42(25,7)39(53)54)57-38-34(50)30(46)29(45)24(56-38)16-55-37-33(49)31(47)32(48)35(58-37)36(51)52/h17-19,21-22,24-35,37-38,43-50H,8-16H2,1-7H3,(H,51,52)(H,53,54)/t18-,19+,21-,22+,24-,25-,26+,27+,28-,29-,30+,31+,32+,33-,34-,35+,37-,38+,40-,41-,42-/m1/s1. The highest BCUT2D eigenvalue weighted by Gasteiger charge is 2.64. The van der Waals surface area contributed by atoms with Crippen LogP contribution in [0.25, 0.3) is 0 Å². The first-order valence-corrected chi connectivity index (χ1v) is 21.2. The van der Waals surface area contributed by atoms with Crippen LogP contribution in [0.5, 0.6) is 0 Å². The summed E-state index contributed by atoms with van der Waals surface area (Å²) in [5.74, 6) is -2.43. The Morgan fingerprint density at radius 3 is 2.02 bits per heavy atom. The summed E-state index contributed by atoms with van der Waals surface area (Å²) in [7, 11) is 0. The summed E-state index contributed by atoms with van der Waals surface area (Å²) >= 11 is 0. The number of aliphatic carboxylic acids is 2. The number of rotatable bonds is 12. The molecular formula is C42H68O16. The number of ether oxygens (including phenoxy) is 4. The number of allylic oxidation sites excluding steroid dienone is 2. The zero-order valence-corrected chi connectivity index (χ0v) is 34.8. The van der Waals surface area contributed by atoms with E-state index in [0.717, 1.165) is 32.1 Å². The molecule has 21 atom stereocenters. The largest absolute Gasteiger partial charge is 0.481 e. The van der Waals surface area contributed by atoms with Gasteiger partial charge in [-0.1, -0.05) is 52.7 Å². The SMILES string of the molecule is CC(C)[C@@H](C)[C@H](O)[C@H](O)[C@@H](C)[C@H]1CC[C@H]2C3=C(CC[C@]12C)[C@@]1(C)CC[C@H](O[C@@H]2O[C@H](CO[C@@H]4O[C@H](C(=O)O)[C@@H](O)[C@H](O)[C@H]4O)[C@@H](O)[C@H](O)[C@H]2O)[C@](C)(C(=O)O)[C@@H]1CC3. The highest BCUT2D eigenvalue weighted by Crippen LogP contribution is 2.68. The van der Waals surface area contributed by atoms with Crippen LogP contribution in [0.3, 0.4) is 0 Å². The number of hydrogen-bond acceptors (Lipinski definition) is 14. The number of aliphatic hydroxyl groups is 8. The van der Waals surface area contributed by atoms with E-state index in [1.54, 1.807) is 6.92 Å². The molecule has 2 saturated carbocycles. The van der Waals surface area contributed by atoms with Gasteiger partial charge in [-0.25, -0.2) is 4.79 Å². The van der Waals surface area contributed by atoms with E-state index >= 15 is 0 Å². The Hall–Kier alpha value is -1.80. The molecule has 0 bridgehead atoms. The quantitative estimate of drug-likeness (QED) is 0.124. The van der Waals surface area contributed by atoms with Crippen LogP contribution in [-0.4, -0.2) is 149 Å². The molecule has 2 heterocycles. The maximum Gasteiger partial charge on any atom is 0.335 e. The molecule has 6 aliphatic rings. The van der Waals surface area contributed by atoms with E-state index in [4.69, 9.17) is 18.9 Å².